The molecule has 3 N–H and O–H groups in total. The number of nitrogens with one attached hydrogen (secondary N) is 1. The number of amides is 3. The maximum atomic E-state index is 13.4. The smallest absolute Gasteiger partial charge is 0.291 e. The Labute approximate surface area is 173 Å². The first-order chi connectivity index (χ1) is 13.5. The summed E-state index contributed by atoms with van der Waals surface area (Å²) < 4.78 is 0. The van der Waals surface area contributed by atoms with Crippen LogP contribution in [0.1, 0.15) is 31.7 Å². The molecule has 3 aliphatic heterocycles. The lowest BCUT2D eigenvalue weighted by Gasteiger charge is -2.26. The second-order valence-corrected chi connectivity index (χ2v) is 9.18. The Morgan fingerprint density at radius 2 is 2.07 bits per heavy atom. The first-order valence-corrected chi connectivity index (χ1v) is 11.5. The van der Waals surface area contributed by atoms with Gasteiger partial charge in [-0.05, 0) is 30.6 Å². The molecule has 4 rings (SSSR count). The summed E-state index contributed by atoms with van der Waals surface area (Å²) in [6.07, 6.45) is 4.47. The van der Waals surface area contributed by atoms with E-state index >= 15 is 0 Å². The zero-order valence-corrected chi connectivity index (χ0v) is 17.6. The number of unbranched alkanes of at least 4 members (excludes halogenated alkanes) is 1. The van der Waals surface area contributed by atoms with E-state index in [1.165, 1.54) is 4.90 Å². The number of anilines is 1. The fourth-order valence-corrected chi connectivity index (χ4v) is 5.80. The van der Waals surface area contributed by atoms with Gasteiger partial charge >= 0.3 is 0 Å². The van der Waals surface area contributed by atoms with Crippen molar-refractivity contribution in [2.75, 3.05) is 23.9 Å². The molecule has 2 fully saturated rings. The minimum Gasteiger partial charge on any atom is -0.326 e. The van der Waals surface area contributed by atoms with Crippen LogP contribution in [-0.4, -0.2) is 47.2 Å². The molecule has 6 nitrogen and oxygen atoms in total. The molecule has 2 saturated heterocycles. The summed E-state index contributed by atoms with van der Waals surface area (Å²) in [5, 5.41) is 5.33. The molecule has 0 aliphatic carbocycles. The lowest BCUT2D eigenvalue weighted by Crippen LogP contribution is -2.99. The van der Waals surface area contributed by atoms with Crippen molar-refractivity contribution in [1.82, 2.24) is 4.90 Å². The van der Waals surface area contributed by atoms with Gasteiger partial charge in [-0.1, -0.05) is 31.0 Å². The molecule has 150 valence electrons. The Hall–Kier alpha value is -1.57. The van der Waals surface area contributed by atoms with E-state index in [4.69, 9.17) is 11.6 Å². The number of benzene rings is 1. The Kier molecular flexibility index (Phi) is 5.18. The van der Waals surface area contributed by atoms with E-state index in [2.05, 4.69) is 5.32 Å². The van der Waals surface area contributed by atoms with Gasteiger partial charge in [-0.25, -0.2) is 0 Å². The number of halogens is 1. The minimum atomic E-state index is -1.11. The number of carbonyl (C=O) groups is 3. The topological polar surface area (TPSA) is 83.1 Å². The molecule has 1 aromatic rings. The third kappa shape index (κ3) is 2.63. The molecular formula is C20H25ClN3O3S+. The van der Waals surface area contributed by atoms with Crippen LogP contribution < -0.4 is 10.6 Å². The fraction of sp³-hybridized carbons (Fsp3) is 0.550. The van der Waals surface area contributed by atoms with Crippen molar-refractivity contribution in [3.05, 3.63) is 28.8 Å². The van der Waals surface area contributed by atoms with Gasteiger partial charge in [-0.15, -0.1) is 0 Å². The number of likely N-dealkylation sites (tertiary alicyclic amines) is 1. The molecule has 1 aromatic carbocycles. The monoisotopic (exact) mass is 422 g/mol. The summed E-state index contributed by atoms with van der Waals surface area (Å²) >= 11 is 8.04. The molecule has 0 saturated carbocycles. The van der Waals surface area contributed by atoms with Crippen molar-refractivity contribution in [2.24, 2.45) is 11.8 Å². The van der Waals surface area contributed by atoms with E-state index in [0.717, 1.165) is 30.6 Å². The lowest BCUT2D eigenvalue weighted by molar-refractivity contribution is -0.733. The predicted octanol–water partition coefficient (Wildman–Crippen LogP) is 1.59. The third-order valence-corrected chi connectivity index (χ3v) is 7.29. The molecule has 0 radical (unpaired) electrons. The van der Waals surface area contributed by atoms with E-state index in [-0.39, 0.29) is 23.8 Å². The zero-order chi connectivity index (χ0) is 20.1. The van der Waals surface area contributed by atoms with Crippen LogP contribution in [-0.2, 0) is 19.9 Å². The number of fused-ring (bicyclic) bond motifs is 4. The minimum absolute atomic E-state index is 0.101. The van der Waals surface area contributed by atoms with Crippen LogP contribution in [0.15, 0.2) is 18.2 Å². The highest BCUT2D eigenvalue weighted by Crippen LogP contribution is 2.50. The summed E-state index contributed by atoms with van der Waals surface area (Å²) in [5.74, 6) is -0.840. The van der Waals surface area contributed by atoms with Gasteiger partial charge in [0, 0.05) is 18.5 Å². The summed E-state index contributed by atoms with van der Waals surface area (Å²) in [7, 11) is 0. The van der Waals surface area contributed by atoms with Gasteiger partial charge in [-0.2, -0.15) is 11.8 Å². The average Bonchev–Trinajstić information content (AvgIpc) is 3.25. The number of nitrogens with two attached hydrogens (primary N) is 1. The summed E-state index contributed by atoms with van der Waals surface area (Å²) in [5.41, 5.74) is 0.189. The Morgan fingerprint density at radius 1 is 1.29 bits per heavy atom. The lowest BCUT2D eigenvalue weighted by atomic mass is 9.76. The number of para-hydroxylation sites is 1. The van der Waals surface area contributed by atoms with Crippen molar-refractivity contribution >= 4 is 46.8 Å². The van der Waals surface area contributed by atoms with E-state index in [1.54, 1.807) is 23.9 Å². The van der Waals surface area contributed by atoms with Crippen LogP contribution in [0.2, 0.25) is 5.02 Å². The van der Waals surface area contributed by atoms with Gasteiger partial charge in [0.25, 0.3) is 5.91 Å². The molecule has 8 heteroatoms. The molecule has 4 atom stereocenters. The maximum absolute atomic E-state index is 13.4. The van der Waals surface area contributed by atoms with Crippen molar-refractivity contribution < 1.29 is 19.7 Å². The van der Waals surface area contributed by atoms with E-state index in [9.17, 15) is 14.4 Å². The number of rotatable bonds is 6. The van der Waals surface area contributed by atoms with Crippen LogP contribution in [0, 0.1) is 11.8 Å². The normalized spacial score (nSPS) is 30.9. The van der Waals surface area contributed by atoms with E-state index < -0.39 is 17.4 Å². The van der Waals surface area contributed by atoms with Crippen molar-refractivity contribution in [3.63, 3.8) is 0 Å². The largest absolute Gasteiger partial charge is 0.326 e. The van der Waals surface area contributed by atoms with Crippen LogP contribution >= 0.6 is 23.4 Å². The summed E-state index contributed by atoms with van der Waals surface area (Å²) in [6, 6.07) is 5.29. The SMILES string of the molecule is CCCCN1C(=O)[C@@H]2[C@H](CCSC)[NH2+][C@]3(C(=O)Nc4c(Cl)cccc43)[C@@H]2C1=O. The van der Waals surface area contributed by atoms with Crippen LogP contribution in [0.25, 0.3) is 0 Å². The average molecular weight is 423 g/mol. The Balaban J connectivity index is 1.82. The van der Waals surface area contributed by atoms with Gasteiger partial charge in [0.05, 0.1) is 10.7 Å². The van der Waals surface area contributed by atoms with Crippen molar-refractivity contribution in [3.8, 4) is 0 Å². The third-order valence-electron chi connectivity index (χ3n) is 6.34. The molecule has 0 unspecified atom stereocenters. The number of quaternary nitrogens is 1. The number of imide groups is 1. The molecular weight excluding hydrogens is 398 g/mol. The molecule has 3 heterocycles. The fourth-order valence-electron chi connectivity index (χ4n) is 5.07. The van der Waals surface area contributed by atoms with Gasteiger partial charge in [0.15, 0.2) is 0 Å². The number of thioether (sulfide) groups is 1. The van der Waals surface area contributed by atoms with Crippen LogP contribution in [0.4, 0.5) is 5.69 Å². The molecule has 3 aliphatic rings. The second-order valence-electron chi connectivity index (χ2n) is 7.78. The van der Waals surface area contributed by atoms with E-state index in [0.29, 0.717) is 17.3 Å². The number of hydrogen-bond acceptors (Lipinski definition) is 4. The Bertz CT molecular complexity index is 848. The van der Waals surface area contributed by atoms with Gasteiger partial charge in [-0.3, -0.25) is 19.3 Å². The highest BCUT2D eigenvalue weighted by Gasteiger charge is 2.74. The van der Waals surface area contributed by atoms with E-state index in [1.807, 2.05) is 24.6 Å². The predicted molar refractivity (Wildman–Crippen MR) is 109 cm³/mol. The quantitative estimate of drug-likeness (QED) is 0.682. The van der Waals surface area contributed by atoms with Gasteiger partial charge in [0.1, 0.15) is 17.9 Å². The van der Waals surface area contributed by atoms with Gasteiger partial charge < -0.3 is 10.6 Å². The van der Waals surface area contributed by atoms with Gasteiger partial charge in [0.2, 0.25) is 17.4 Å². The number of hydrogen-bond donors (Lipinski definition) is 2. The molecule has 0 bridgehead atoms. The molecule has 3 amide bonds. The number of carbonyl (C=O) groups excluding carboxylic acids is 3. The van der Waals surface area contributed by atoms with Crippen LogP contribution in [0.5, 0.6) is 0 Å². The zero-order valence-electron chi connectivity index (χ0n) is 16.0. The molecule has 1 spiro atoms. The van der Waals surface area contributed by atoms with Crippen molar-refractivity contribution in [1.29, 1.82) is 0 Å². The second kappa shape index (κ2) is 7.35. The summed E-state index contributed by atoms with van der Waals surface area (Å²) in [4.78, 5) is 41.3. The first kappa shape index (κ1) is 19.7. The van der Waals surface area contributed by atoms with Crippen LogP contribution in [0.3, 0.4) is 0 Å². The maximum Gasteiger partial charge on any atom is 0.291 e. The standard InChI is InChI=1S/C20H24ClN3O3S/c1-3-4-9-24-17(25)14-13(8-10-28-2)23-20(15(14)18(24)26)11-6-5-7-12(21)16(11)22-19(20)27/h5-7,13-15,23H,3-4,8-10H2,1-2H3,(H,22,27)/p+1/t13-,14+,15-,20-/m0/s1. The highest BCUT2D eigenvalue weighted by molar-refractivity contribution is 7.98. The van der Waals surface area contributed by atoms with Crippen molar-refractivity contribution in [2.45, 2.75) is 37.8 Å². The summed E-state index contributed by atoms with van der Waals surface area (Å²) in [6.45, 7) is 2.46. The molecule has 28 heavy (non-hydrogen) atoms. The Morgan fingerprint density at radius 3 is 2.79 bits per heavy atom. The number of nitrogens with zero attached hydrogens (tertiary/aromatic N) is 1. The first-order valence-electron chi connectivity index (χ1n) is 9.78. The molecule has 0 aromatic heterocycles. The highest BCUT2D eigenvalue weighted by atomic mass is 35.5.